The predicted octanol–water partition coefficient (Wildman–Crippen LogP) is 3.12. The van der Waals surface area contributed by atoms with Crippen LogP contribution in [0.25, 0.3) is 10.7 Å². The van der Waals surface area contributed by atoms with Crippen LogP contribution < -0.4 is 5.32 Å². The second kappa shape index (κ2) is 7.50. The predicted molar refractivity (Wildman–Crippen MR) is 93.8 cm³/mol. The summed E-state index contributed by atoms with van der Waals surface area (Å²) in [7, 11) is 0. The van der Waals surface area contributed by atoms with Gasteiger partial charge in [0.1, 0.15) is 15.7 Å². The number of carbonyl (C=O) groups is 1. The molecule has 0 radical (unpaired) electrons. The number of rotatable bonds is 5. The third kappa shape index (κ3) is 4.07. The van der Waals surface area contributed by atoms with Crippen LogP contribution in [0.1, 0.15) is 27.0 Å². The Morgan fingerprint density at radius 1 is 1.32 bits per heavy atom. The molecule has 0 bridgehead atoms. The van der Waals surface area contributed by atoms with E-state index in [1.54, 1.807) is 19.2 Å². The van der Waals surface area contributed by atoms with Gasteiger partial charge in [-0.1, -0.05) is 18.2 Å². The van der Waals surface area contributed by atoms with Crippen molar-refractivity contribution in [2.24, 2.45) is 0 Å². The van der Waals surface area contributed by atoms with Gasteiger partial charge in [0.15, 0.2) is 0 Å². The number of thiazole rings is 1. The molecule has 7 heteroatoms. The molecule has 1 atom stereocenters. The number of hydrogen-bond acceptors (Lipinski definition) is 5. The number of carbonyl (C=O) groups excluding carboxylic acids is 1. The highest BCUT2D eigenvalue weighted by atomic mass is 32.1. The minimum atomic E-state index is -0.983. The molecule has 0 aliphatic rings. The van der Waals surface area contributed by atoms with Gasteiger partial charge in [-0.05, 0) is 36.8 Å². The van der Waals surface area contributed by atoms with Crippen molar-refractivity contribution in [2.45, 2.75) is 13.0 Å². The molecule has 0 saturated heterocycles. The molecule has 1 unspecified atom stereocenters. The summed E-state index contributed by atoms with van der Waals surface area (Å²) in [4.78, 5) is 21.4. The Labute approximate surface area is 148 Å². The Balaban J connectivity index is 1.68. The van der Waals surface area contributed by atoms with Crippen molar-refractivity contribution in [1.29, 1.82) is 0 Å². The second-order valence-electron chi connectivity index (χ2n) is 5.43. The van der Waals surface area contributed by atoms with Gasteiger partial charge in [-0.25, -0.2) is 9.37 Å². The lowest BCUT2D eigenvalue weighted by molar-refractivity contribution is 0.0919. The van der Waals surface area contributed by atoms with Gasteiger partial charge in [-0.15, -0.1) is 11.3 Å². The molecule has 0 aliphatic heterocycles. The fraction of sp³-hybridized carbons (Fsp3) is 0.167. The molecular formula is C18H16FN3O2S. The fourth-order valence-electron chi connectivity index (χ4n) is 2.31. The number of nitrogens with one attached hydrogen (secondary N) is 1. The molecule has 2 heterocycles. The molecule has 3 aromatic rings. The molecule has 0 spiro atoms. The monoisotopic (exact) mass is 357 g/mol. The SMILES string of the molecule is Cc1nc(-c2ccccn2)sc1C(=O)NCC(O)c1cccc(F)c1. The van der Waals surface area contributed by atoms with E-state index >= 15 is 0 Å². The van der Waals surface area contributed by atoms with E-state index in [4.69, 9.17) is 0 Å². The van der Waals surface area contributed by atoms with Gasteiger partial charge in [0.05, 0.1) is 17.5 Å². The topological polar surface area (TPSA) is 75.1 Å². The van der Waals surface area contributed by atoms with E-state index in [1.807, 2.05) is 18.2 Å². The van der Waals surface area contributed by atoms with E-state index < -0.39 is 11.9 Å². The highest BCUT2D eigenvalue weighted by Crippen LogP contribution is 2.26. The number of aliphatic hydroxyl groups excluding tert-OH is 1. The average Bonchev–Trinajstić information content (AvgIpc) is 3.02. The lowest BCUT2D eigenvalue weighted by Crippen LogP contribution is -2.28. The molecule has 5 nitrogen and oxygen atoms in total. The Morgan fingerprint density at radius 2 is 2.16 bits per heavy atom. The normalized spacial score (nSPS) is 12.0. The first-order valence-corrected chi connectivity index (χ1v) is 8.47. The van der Waals surface area contributed by atoms with Crippen molar-refractivity contribution in [3.8, 4) is 10.7 Å². The standard InChI is InChI=1S/C18H16FN3O2S/c1-11-16(25-18(22-11)14-7-2-3-8-20-14)17(24)21-10-15(23)12-5-4-6-13(19)9-12/h2-9,15,23H,10H2,1H3,(H,21,24). The van der Waals surface area contributed by atoms with Crippen molar-refractivity contribution in [3.63, 3.8) is 0 Å². The van der Waals surface area contributed by atoms with Gasteiger partial charge in [-0.3, -0.25) is 9.78 Å². The highest BCUT2D eigenvalue weighted by Gasteiger charge is 2.18. The Kier molecular flexibility index (Phi) is 5.16. The summed E-state index contributed by atoms with van der Waals surface area (Å²) in [6, 6.07) is 11.2. The number of nitrogens with zero attached hydrogens (tertiary/aromatic N) is 2. The van der Waals surface area contributed by atoms with E-state index in [2.05, 4.69) is 15.3 Å². The van der Waals surface area contributed by atoms with Crippen molar-refractivity contribution >= 4 is 17.2 Å². The van der Waals surface area contributed by atoms with E-state index in [9.17, 15) is 14.3 Å². The zero-order valence-electron chi connectivity index (χ0n) is 13.4. The third-order valence-electron chi connectivity index (χ3n) is 3.58. The van der Waals surface area contributed by atoms with Crippen LogP contribution in [0, 0.1) is 12.7 Å². The number of aryl methyl sites for hydroxylation is 1. The minimum absolute atomic E-state index is 0.0153. The summed E-state index contributed by atoms with van der Waals surface area (Å²) in [5.74, 6) is -0.756. The largest absolute Gasteiger partial charge is 0.387 e. The second-order valence-corrected chi connectivity index (χ2v) is 6.43. The van der Waals surface area contributed by atoms with Gasteiger partial charge >= 0.3 is 0 Å². The molecule has 1 amide bonds. The quantitative estimate of drug-likeness (QED) is 0.736. The summed E-state index contributed by atoms with van der Waals surface area (Å²) < 4.78 is 13.2. The Hall–Kier alpha value is -2.64. The summed E-state index contributed by atoms with van der Waals surface area (Å²) in [6.45, 7) is 1.74. The number of pyridine rings is 1. The van der Waals surface area contributed by atoms with Crippen LogP contribution in [0.5, 0.6) is 0 Å². The highest BCUT2D eigenvalue weighted by molar-refractivity contribution is 7.17. The summed E-state index contributed by atoms with van der Waals surface area (Å²) in [5, 5.41) is 13.4. The molecule has 2 N–H and O–H groups in total. The van der Waals surface area contributed by atoms with Crippen LogP contribution in [-0.4, -0.2) is 27.5 Å². The number of benzene rings is 1. The third-order valence-corrected chi connectivity index (χ3v) is 4.75. The van der Waals surface area contributed by atoms with E-state index in [-0.39, 0.29) is 12.5 Å². The van der Waals surface area contributed by atoms with Crippen LogP contribution >= 0.6 is 11.3 Å². The maximum atomic E-state index is 13.2. The first-order chi connectivity index (χ1) is 12.0. The average molecular weight is 357 g/mol. The van der Waals surface area contributed by atoms with Crippen LogP contribution in [-0.2, 0) is 0 Å². The van der Waals surface area contributed by atoms with Crippen LogP contribution in [0.2, 0.25) is 0 Å². The first-order valence-electron chi connectivity index (χ1n) is 7.65. The van der Waals surface area contributed by atoms with E-state index in [0.717, 1.165) is 0 Å². The first kappa shape index (κ1) is 17.2. The number of hydrogen-bond donors (Lipinski definition) is 2. The summed E-state index contributed by atoms with van der Waals surface area (Å²) in [6.07, 6.45) is 0.685. The zero-order valence-corrected chi connectivity index (χ0v) is 14.3. The van der Waals surface area contributed by atoms with E-state index in [1.165, 1.54) is 29.5 Å². The van der Waals surface area contributed by atoms with Gasteiger partial charge in [0, 0.05) is 12.7 Å². The number of aromatic nitrogens is 2. The zero-order chi connectivity index (χ0) is 17.8. The molecule has 2 aromatic heterocycles. The molecule has 0 aliphatic carbocycles. The fourth-order valence-corrected chi connectivity index (χ4v) is 3.27. The maximum absolute atomic E-state index is 13.2. The molecule has 25 heavy (non-hydrogen) atoms. The van der Waals surface area contributed by atoms with Gasteiger partial charge in [0.2, 0.25) is 0 Å². The Morgan fingerprint density at radius 3 is 2.88 bits per heavy atom. The number of aliphatic hydroxyl groups is 1. The molecular weight excluding hydrogens is 341 g/mol. The number of amides is 1. The van der Waals surface area contributed by atoms with Gasteiger partial charge in [-0.2, -0.15) is 0 Å². The van der Waals surface area contributed by atoms with Gasteiger partial charge < -0.3 is 10.4 Å². The minimum Gasteiger partial charge on any atom is -0.387 e. The van der Waals surface area contributed by atoms with Gasteiger partial charge in [0.25, 0.3) is 5.91 Å². The summed E-state index contributed by atoms with van der Waals surface area (Å²) in [5.41, 5.74) is 1.72. The Bertz CT molecular complexity index is 883. The molecule has 0 fully saturated rings. The van der Waals surface area contributed by atoms with E-state index in [0.29, 0.717) is 26.8 Å². The lowest BCUT2D eigenvalue weighted by Gasteiger charge is -2.12. The molecule has 1 aromatic carbocycles. The van der Waals surface area contributed by atoms with Crippen molar-refractivity contribution in [2.75, 3.05) is 6.54 Å². The number of halogens is 1. The summed E-state index contributed by atoms with van der Waals surface area (Å²) >= 11 is 1.24. The van der Waals surface area contributed by atoms with Crippen LogP contribution in [0.3, 0.4) is 0 Å². The maximum Gasteiger partial charge on any atom is 0.263 e. The molecule has 0 saturated carbocycles. The van der Waals surface area contributed by atoms with Crippen molar-refractivity contribution < 1.29 is 14.3 Å². The van der Waals surface area contributed by atoms with Crippen LogP contribution in [0.4, 0.5) is 4.39 Å². The molecule has 128 valence electrons. The van der Waals surface area contributed by atoms with Crippen LogP contribution in [0.15, 0.2) is 48.7 Å². The lowest BCUT2D eigenvalue weighted by atomic mass is 10.1. The molecule has 3 rings (SSSR count). The smallest absolute Gasteiger partial charge is 0.263 e. The van der Waals surface area contributed by atoms with Crippen molar-refractivity contribution in [3.05, 3.63) is 70.6 Å². The van der Waals surface area contributed by atoms with Crippen molar-refractivity contribution in [1.82, 2.24) is 15.3 Å².